The SMILES string of the molecule is O=S(=O)(c1cc(CO)ccn1)N1CCCC(N2CCCCC2)C1. The number of sulfonamides is 1. The fraction of sp³-hybridized carbons (Fsp3) is 0.688. The van der Waals surface area contributed by atoms with Gasteiger partial charge in [-0.2, -0.15) is 4.31 Å². The van der Waals surface area contributed by atoms with Gasteiger partial charge in [0.25, 0.3) is 10.0 Å². The van der Waals surface area contributed by atoms with Crippen LogP contribution in [-0.4, -0.2) is 59.9 Å². The molecule has 1 aromatic heterocycles. The second kappa shape index (κ2) is 7.25. The lowest BCUT2D eigenvalue weighted by molar-refractivity contribution is 0.114. The first-order valence-electron chi connectivity index (χ1n) is 8.41. The Balaban J connectivity index is 1.76. The summed E-state index contributed by atoms with van der Waals surface area (Å²) in [5.74, 6) is 0. The average Bonchev–Trinajstić information content (AvgIpc) is 2.62. The van der Waals surface area contributed by atoms with Crippen LogP contribution in [0.4, 0.5) is 0 Å². The third-order valence-electron chi connectivity index (χ3n) is 4.85. The molecule has 0 aromatic carbocycles. The Labute approximate surface area is 138 Å². The van der Waals surface area contributed by atoms with E-state index in [1.54, 1.807) is 10.4 Å². The molecule has 23 heavy (non-hydrogen) atoms. The van der Waals surface area contributed by atoms with Gasteiger partial charge in [0.15, 0.2) is 5.03 Å². The van der Waals surface area contributed by atoms with Gasteiger partial charge in [0.2, 0.25) is 0 Å². The summed E-state index contributed by atoms with van der Waals surface area (Å²) in [5, 5.41) is 9.25. The van der Waals surface area contributed by atoms with Crippen LogP contribution in [0.2, 0.25) is 0 Å². The molecule has 3 heterocycles. The van der Waals surface area contributed by atoms with E-state index in [4.69, 9.17) is 0 Å². The van der Waals surface area contributed by atoms with Crippen molar-refractivity contribution in [2.75, 3.05) is 26.2 Å². The quantitative estimate of drug-likeness (QED) is 0.893. The fourth-order valence-electron chi connectivity index (χ4n) is 3.54. The number of piperidine rings is 2. The van der Waals surface area contributed by atoms with E-state index in [1.807, 2.05) is 0 Å². The second-order valence-electron chi connectivity index (χ2n) is 6.42. The topological polar surface area (TPSA) is 73.7 Å². The number of aliphatic hydroxyl groups is 1. The number of rotatable bonds is 4. The predicted octanol–water partition coefficient (Wildman–Crippen LogP) is 1.21. The van der Waals surface area contributed by atoms with Crippen molar-refractivity contribution in [3.05, 3.63) is 23.9 Å². The van der Waals surface area contributed by atoms with Gasteiger partial charge in [-0.1, -0.05) is 6.42 Å². The summed E-state index contributed by atoms with van der Waals surface area (Å²) >= 11 is 0. The molecule has 2 aliphatic heterocycles. The lowest BCUT2D eigenvalue weighted by Gasteiger charge is -2.40. The predicted molar refractivity (Wildman–Crippen MR) is 87.4 cm³/mol. The Morgan fingerprint density at radius 3 is 2.70 bits per heavy atom. The highest BCUT2D eigenvalue weighted by atomic mass is 32.2. The first-order valence-corrected chi connectivity index (χ1v) is 9.85. The van der Waals surface area contributed by atoms with Gasteiger partial charge in [0, 0.05) is 25.3 Å². The molecular weight excluding hydrogens is 314 g/mol. The molecule has 128 valence electrons. The van der Waals surface area contributed by atoms with Crippen molar-refractivity contribution in [2.45, 2.75) is 49.8 Å². The van der Waals surface area contributed by atoms with E-state index in [9.17, 15) is 13.5 Å². The van der Waals surface area contributed by atoms with Gasteiger partial charge >= 0.3 is 0 Å². The van der Waals surface area contributed by atoms with Crippen LogP contribution in [0.3, 0.4) is 0 Å². The zero-order chi connectivity index (χ0) is 16.3. The summed E-state index contributed by atoms with van der Waals surface area (Å²) in [4.78, 5) is 6.46. The summed E-state index contributed by atoms with van der Waals surface area (Å²) < 4.78 is 27.3. The molecule has 2 fully saturated rings. The highest BCUT2D eigenvalue weighted by molar-refractivity contribution is 7.89. The largest absolute Gasteiger partial charge is 0.392 e. The van der Waals surface area contributed by atoms with Gasteiger partial charge in [0.05, 0.1) is 6.61 Å². The van der Waals surface area contributed by atoms with Gasteiger partial charge in [0.1, 0.15) is 0 Å². The monoisotopic (exact) mass is 339 g/mol. The van der Waals surface area contributed by atoms with Gasteiger partial charge < -0.3 is 5.11 Å². The van der Waals surface area contributed by atoms with Crippen molar-refractivity contribution in [3.8, 4) is 0 Å². The maximum Gasteiger partial charge on any atom is 0.260 e. The van der Waals surface area contributed by atoms with E-state index in [0.717, 1.165) is 25.9 Å². The minimum atomic E-state index is -3.58. The van der Waals surface area contributed by atoms with E-state index >= 15 is 0 Å². The number of likely N-dealkylation sites (tertiary alicyclic amines) is 1. The van der Waals surface area contributed by atoms with Crippen LogP contribution in [0, 0.1) is 0 Å². The first-order chi connectivity index (χ1) is 11.1. The number of aromatic nitrogens is 1. The van der Waals surface area contributed by atoms with Crippen LogP contribution < -0.4 is 0 Å². The molecule has 6 nitrogen and oxygen atoms in total. The third kappa shape index (κ3) is 3.74. The summed E-state index contributed by atoms with van der Waals surface area (Å²) in [6, 6.07) is 3.42. The Hall–Kier alpha value is -1.02. The zero-order valence-electron chi connectivity index (χ0n) is 13.4. The van der Waals surface area contributed by atoms with Crippen LogP contribution in [-0.2, 0) is 16.6 Å². The van der Waals surface area contributed by atoms with Crippen LogP contribution in [0.1, 0.15) is 37.7 Å². The third-order valence-corrected chi connectivity index (χ3v) is 6.62. The van der Waals surface area contributed by atoms with E-state index in [0.29, 0.717) is 24.7 Å². The molecule has 0 bridgehead atoms. The van der Waals surface area contributed by atoms with Crippen molar-refractivity contribution in [1.29, 1.82) is 0 Å². The van der Waals surface area contributed by atoms with Crippen LogP contribution in [0.15, 0.2) is 23.4 Å². The maximum atomic E-state index is 12.8. The maximum absolute atomic E-state index is 12.8. The minimum absolute atomic E-state index is 0.0448. The molecule has 1 aromatic rings. The van der Waals surface area contributed by atoms with E-state index in [-0.39, 0.29) is 11.6 Å². The average molecular weight is 339 g/mol. The van der Waals surface area contributed by atoms with E-state index in [1.165, 1.54) is 31.5 Å². The molecule has 0 aliphatic carbocycles. The van der Waals surface area contributed by atoms with Crippen molar-refractivity contribution in [1.82, 2.24) is 14.2 Å². The Morgan fingerprint density at radius 1 is 1.17 bits per heavy atom. The van der Waals surface area contributed by atoms with Crippen molar-refractivity contribution < 1.29 is 13.5 Å². The molecule has 0 amide bonds. The fourth-order valence-corrected chi connectivity index (χ4v) is 5.04. The van der Waals surface area contributed by atoms with E-state index < -0.39 is 10.0 Å². The number of hydrogen-bond donors (Lipinski definition) is 1. The lowest BCUT2D eigenvalue weighted by Crippen LogP contribution is -2.51. The Kier molecular flexibility index (Phi) is 5.31. The van der Waals surface area contributed by atoms with Gasteiger partial charge in [-0.15, -0.1) is 0 Å². The molecule has 1 atom stereocenters. The lowest BCUT2D eigenvalue weighted by atomic mass is 10.0. The smallest absolute Gasteiger partial charge is 0.260 e. The minimum Gasteiger partial charge on any atom is -0.392 e. The number of aliphatic hydroxyl groups excluding tert-OH is 1. The Morgan fingerprint density at radius 2 is 1.96 bits per heavy atom. The molecule has 2 saturated heterocycles. The molecule has 0 saturated carbocycles. The van der Waals surface area contributed by atoms with Gasteiger partial charge in [-0.05, 0) is 56.5 Å². The standard InChI is InChI=1S/C16H25N3O3S/c20-13-14-6-7-17-16(11-14)23(21,22)19-10-4-5-15(12-19)18-8-2-1-3-9-18/h6-7,11,15,20H,1-5,8-10,12-13H2. The molecule has 1 unspecified atom stereocenters. The molecule has 0 spiro atoms. The second-order valence-corrected chi connectivity index (χ2v) is 8.30. The van der Waals surface area contributed by atoms with Crippen LogP contribution >= 0.6 is 0 Å². The first kappa shape index (κ1) is 16.8. The van der Waals surface area contributed by atoms with Gasteiger partial charge in [-0.3, -0.25) is 4.90 Å². The van der Waals surface area contributed by atoms with Crippen LogP contribution in [0.25, 0.3) is 0 Å². The van der Waals surface area contributed by atoms with Crippen LogP contribution in [0.5, 0.6) is 0 Å². The highest BCUT2D eigenvalue weighted by Gasteiger charge is 2.33. The molecule has 1 N–H and O–H groups in total. The van der Waals surface area contributed by atoms with Crippen molar-refractivity contribution >= 4 is 10.0 Å². The summed E-state index contributed by atoms with van der Waals surface area (Å²) in [5.41, 5.74) is 0.572. The molecule has 0 radical (unpaired) electrons. The molecule has 3 rings (SSSR count). The van der Waals surface area contributed by atoms with Crippen molar-refractivity contribution in [3.63, 3.8) is 0 Å². The number of pyridine rings is 1. The normalized spacial score (nSPS) is 24.7. The summed E-state index contributed by atoms with van der Waals surface area (Å²) in [6.45, 7) is 3.08. The molecule has 7 heteroatoms. The molecular formula is C16H25N3O3S. The Bertz CT molecular complexity index is 629. The zero-order valence-corrected chi connectivity index (χ0v) is 14.2. The number of nitrogens with zero attached hydrogens (tertiary/aromatic N) is 3. The summed E-state index contributed by atoms with van der Waals surface area (Å²) in [7, 11) is -3.58. The number of hydrogen-bond acceptors (Lipinski definition) is 5. The summed E-state index contributed by atoms with van der Waals surface area (Å²) in [6.07, 6.45) is 7.11. The van der Waals surface area contributed by atoms with Gasteiger partial charge in [-0.25, -0.2) is 13.4 Å². The highest BCUT2D eigenvalue weighted by Crippen LogP contribution is 2.24. The van der Waals surface area contributed by atoms with E-state index in [2.05, 4.69) is 9.88 Å². The van der Waals surface area contributed by atoms with Crippen molar-refractivity contribution in [2.24, 2.45) is 0 Å². The molecule has 2 aliphatic rings.